The zero-order valence-corrected chi connectivity index (χ0v) is 15.9. The number of hydrogen-bond donors (Lipinski definition) is 1. The average Bonchev–Trinajstić information content (AvgIpc) is 2.94. The Bertz CT molecular complexity index is 1040. The molecule has 5 rings (SSSR count). The quantitative estimate of drug-likeness (QED) is 0.838. The van der Waals surface area contributed by atoms with Gasteiger partial charge in [-0.2, -0.15) is 0 Å². The van der Waals surface area contributed by atoms with Crippen LogP contribution in [0.3, 0.4) is 0 Å². The molecule has 2 aliphatic heterocycles. The van der Waals surface area contributed by atoms with Gasteiger partial charge in [-0.05, 0) is 44.0 Å². The van der Waals surface area contributed by atoms with Crippen LogP contribution in [0.1, 0.15) is 41.4 Å². The molecule has 2 aromatic rings. The summed E-state index contributed by atoms with van der Waals surface area (Å²) in [5.74, 6) is -0.553. The zero-order chi connectivity index (χ0) is 19.6. The number of benzene rings is 1. The third-order valence-electron chi connectivity index (χ3n) is 6.06. The molecular weight excluding hydrogens is 383 g/mol. The fourth-order valence-corrected chi connectivity index (χ4v) is 4.63. The molecule has 1 amide bonds. The Morgan fingerprint density at radius 3 is 2.93 bits per heavy atom. The highest BCUT2D eigenvalue weighted by molar-refractivity contribution is 6.30. The van der Waals surface area contributed by atoms with Crippen LogP contribution in [-0.4, -0.2) is 23.0 Å². The topological polar surface area (TPSA) is 80.8 Å². The summed E-state index contributed by atoms with van der Waals surface area (Å²) in [5.41, 5.74) is 7.16. The van der Waals surface area contributed by atoms with Crippen LogP contribution in [0.15, 0.2) is 35.5 Å². The molecule has 8 heteroatoms. The minimum Gasteiger partial charge on any atom is -0.462 e. The van der Waals surface area contributed by atoms with Gasteiger partial charge in [-0.25, -0.2) is 14.4 Å². The lowest BCUT2D eigenvalue weighted by atomic mass is 9.66. The van der Waals surface area contributed by atoms with Gasteiger partial charge in [0.1, 0.15) is 17.6 Å². The highest BCUT2D eigenvalue weighted by Gasteiger charge is 2.51. The van der Waals surface area contributed by atoms with Crippen LogP contribution in [0.2, 0.25) is 5.02 Å². The van der Waals surface area contributed by atoms with Crippen molar-refractivity contribution < 1.29 is 13.9 Å². The molecule has 1 saturated carbocycles. The van der Waals surface area contributed by atoms with Crippen LogP contribution in [0, 0.1) is 11.7 Å². The van der Waals surface area contributed by atoms with E-state index in [1.807, 2.05) is 6.92 Å². The average molecular weight is 401 g/mol. The van der Waals surface area contributed by atoms with Gasteiger partial charge in [-0.3, -0.25) is 4.79 Å². The van der Waals surface area contributed by atoms with Crippen molar-refractivity contribution >= 4 is 29.2 Å². The van der Waals surface area contributed by atoms with E-state index in [4.69, 9.17) is 22.1 Å². The number of hydrogen-bond acceptors (Lipinski definition) is 5. The molecule has 0 radical (unpaired) electrons. The standard InChI is InChI=1S/C20H18ClFN4O2/c1-20(13-3-5-16(13)28-19(23)25-20)14-7-12(2-4-15(14)22)26-9-10-6-11(21)8-24-17(10)18(26)27/h2,4,6-8,13,16H,3,5,9H2,1H3,(H2,23,25). The summed E-state index contributed by atoms with van der Waals surface area (Å²) in [7, 11) is 0. The largest absolute Gasteiger partial charge is 0.462 e. The molecule has 144 valence electrons. The molecular formula is C20H18ClFN4O2. The molecule has 1 fully saturated rings. The highest BCUT2D eigenvalue weighted by Crippen LogP contribution is 2.50. The number of nitrogens with two attached hydrogens (primary N) is 1. The van der Waals surface area contributed by atoms with Crippen LogP contribution in [0.5, 0.6) is 0 Å². The van der Waals surface area contributed by atoms with Crippen LogP contribution in [0.4, 0.5) is 10.1 Å². The number of pyridine rings is 1. The molecule has 3 aliphatic rings. The van der Waals surface area contributed by atoms with Gasteiger partial charge in [0.25, 0.3) is 11.9 Å². The highest BCUT2D eigenvalue weighted by atomic mass is 35.5. The van der Waals surface area contributed by atoms with E-state index in [9.17, 15) is 9.18 Å². The number of anilines is 1. The maximum absolute atomic E-state index is 14.9. The second-order valence-corrected chi connectivity index (χ2v) is 8.09. The number of amidine groups is 1. The molecule has 6 nitrogen and oxygen atoms in total. The molecule has 3 unspecified atom stereocenters. The molecule has 0 bridgehead atoms. The summed E-state index contributed by atoms with van der Waals surface area (Å²) < 4.78 is 20.4. The SMILES string of the molecule is CC1(c2cc(N3Cc4cc(Cl)cnc4C3=O)ccc2F)N=C(N)OC2CCC21. The van der Waals surface area contributed by atoms with Crippen molar-refractivity contribution in [3.8, 4) is 0 Å². The second kappa shape index (κ2) is 5.91. The van der Waals surface area contributed by atoms with E-state index < -0.39 is 5.54 Å². The number of amides is 1. The number of carbonyl (C=O) groups is 1. The van der Waals surface area contributed by atoms with Crippen molar-refractivity contribution in [2.75, 3.05) is 4.90 Å². The summed E-state index contributed by atoms with van der Waals surface area (Å²) in [4.78, 5) is 23.0. The molecule has 2 N–H and O–H groups in total. The fourth-order valence-electron chi connectivity index (χ4n) is 4.45. The molecule has 0 spiro atoms. The number of nitrogens with zero attached hydrogens (tertiary/aromatic N) is 3. The third-order valence-corrected chi connectivity index (χ3v) is 6.27. The maximum Gasteiger partial charge on any atom is 0.283 e. The van der Waals surface area contributed by atoms with Gasteiger partial charge in [-0.1, -0.05) is 11.6 Å². The van der Waals surface area contributed by atoms with Crippen LogP contribution >= 0.6 is 11.6 Å². The van der Waals surface area contributed by atoms with E-state index in [1.54, 1.807) is 23.1 Å². The Morgan fingerprint density at radius 2 is 2.18 bits per heavy atom. The first-order chi connectivity index (χ1) is 13.4. The van der Waals surface area contributed by atoms with Crippen LogP contribution < -0.4 is 10.6 Å². The van der Waals surface area contributed by atoms with Crippen molar-refractivity contribution in [3.05, 3.63) is 58.1 Å². The van der Waals surface area contributed by atoms with Gasteiger partial charge < -0.3 is 15.4 Å². The fraction of sp³-hybridized carbons (Fsp3) is 0.350. The van der Waals surface area contributed by atoms with E-state index in [-0.39, 0.29) is 29.8 Å². The summed E-state index contributed by atoms with van der Waals surface area (Å²) in [6.45, 7) is 2.22. The van der Waals surface area contributed by atoms with E-state index in [0.29, 0.717) is 28.5 Å². The summed E-state index contributed by atoms with van der Waals surface area (Å²) in [6.07, 6.45) is 3.17. The van der Waals surface area contributed by atoms with Crippen molar-refractivity contribution in [2.45, 2.75) is 38.0 Å². The lowest BCUT2D eigenvalue weighted by Crippen LogP contribution is -2.53. The predicted molar refractivity (Wildman–Crippen MR) is 103 cm³/mol. The first-order valence-electron chi connectivity index (χ1n) is 9.15. The van der Waals surface area contributed by atoms with E-state index >= 15 is 0 Å². The number of carbonyl (C=O) groups excluding carboxylic acids is 1. The number of aliphatic imine (C=N–C) groups is 1. The Balaban J connectivity index is 1.56. The molecule has 1 aliphatic carbocycles. The van der Waals surface area contributed by atoms with Gasteiger partial charge in [0.05, 0.1) is 17.1 Å². The molecule has 0 saturated heterocycles. The Labute approximate surface area is 166 Å². The number of halogens is 2. The van der Waals surface area contributed by atoms with Crippen molar-refractivity contribution in [3.63, 3.8) is 0 Å². The van der Waals surface area contributed by atoms with E-state index in [1.165, 1.54) is 12.3 Å². The predicted octanol–water partition coefficient (Wildman–Crippen LogP) is 3.37. The number of ether oxygens (including phenoxy) is 1. The van der Waals surface area contributed by atoms with Crippen LogP contribution in [-0.2, 0) is 16.8 Å². The van der Waals surface area contributed by atoms with Gasteiger partial charge in [-0.15, -0.1) is 0 Å². The summed E-state index contributed by atoms with van der Waals surface area (Å²) in [6, 6.07) is 6.48. The number of aromatic nitrogens is 1. The lowest BCUT2D eigenvalue weighted by Gasteiger charge is -2.49. The Kier molecular flexibility index (Phi) is 3.68. The minimum absolute atomic E-state index is 0.0467. The maximum atomic E-state index is 14.9. The first kappa shape index (κ1) is 17.4. The van der Waals surface area contributed by atoms with Gasteiger partial charge in [0, 0.05) is 28.9 Å². The Hall–Kier alpha value is -2.67. The molecule has 1 aromatic heterocycles. The van der Waals surface area contributed by atoms with E-state index in [0.717, 1.165) is 18.4 Å². The Morgan fingerprint density at radius 1 is 1.36 bits per heavy atom. The number of rotatable bonds is 2. The van der Waals surface area contributed by atoms with Gasteiger partial charge in [0.2, 0.25) is 0 Å². The smallest absolute Gasteiger partial charge is 0.283 e. The minimum atomic E-state index is -0.831. The van der Waals surface area contributed by atoms with Crippen LogP contribution in [0.25, 0.3) is 0 Å². The molecule has 3 atom stereocenters. The van der Waals surface area contributed by atoms with Crippen molar-refractivity contribution in [1.82, 2.24) is 4.98 Å². The monoisotopic (exact) mass is 400 g/mol. The van der Waals surface area contributed by atoms with Crippen molar-refractivity contribution in [2.24, 2.45) is 16.6 Å². The van der Waals surface area contributed by atoms with Crippen molar-refractivity contribution in [1.29, 1.82) is 0 Å². The molecule has 3 heterocycles. The zero-order valence-electron chi connectivity index (χ0n) is 15.2. The lowest BCUT2D eigenvalue weighted by molar-refractivity contribution is -0.0297. The summed E-state index contributed by atoms with van der Waals surface area (Å²) in [5, 5.41) is 0.476. The normalized spacial score (nSPS) is 28.2. The second-order valence-electron chi connectivity index (χ2n) is 7.65. The van der Waals surface area contributed by atoms with E-state index in [2.05, 4.69) is 9.98 Å². The number of fused-ring (bicyclic) bond motifs is 2. The summed E-state index contributed by atoms with van der Waals surface area (Å²) >= 11 is 6.00. The third kappa shape index (κ3) is 2.42. The van der Waals surface area contributed by atoms with Gasteiger partial charge in [0.15, 0.2) is 0 Å². The molecule has 1 aromatic carbocycles. The first-order valence-corrected chi connectivity index (χ1v) is 9.53. The molecule has 28 heavy (non-hydrogen) atoms. The van der Waals surface area contributed by atoms with Gasteiger partial charge >= 0.3 is 0 Å².